The number of alkyl halides is 1. The first-order chi connectivity index (χ1) is 7.84. The molecule has 3 rings (SSSR count). The zero-order valence-corrected chi connectivity index (χ0v) is 9.21. The molecule has 1 fully saturated rings. The van der Waals surface area contributed by atoms with Gasteiger partial charge in [0.25, 0.3) is 0 Å². The van der Waals surface area contributed by atoms with Crippen LogP contribution in [-0.2, 0) is 6.42 Å². The van der Waals surface area contributed by atoms with Gasteiger partial charge >= 0.3 is 0 Å². The van der Waals surface area contributed by atoms with Crippen LogP contribution in [0.5, 0.6) is 5.75 Å². The molecule has 3 heteroatoms. The average Bonchev–Trinajstić information content (AvgIpc) is 2.98. The van der Waals surface area contributed by atoms with Crippen molar-refractivity contribution in [2.45, 2.75) is 31.5 Å². The maximum absolute atomic E-state index is 14.2. The Kier molecular flexibility index (Phi) is 2.56. The molecule has 1 aromatic rings. The van der Waals surface area contributed by atoms with Gasteiger partial charge in [0.05, 0.1) is 6.61 Å². The Morgan fingerprint density at radius 2 is 2.38 bits per heavy atom. The molecule has 1 aromatic carbocycles. The van der Waals surface area contributed by atoms with Gasteiger partial charge in [-0.15, -0.1) is 0 Å². The Hall–Kier alpha value is -1.09. The first-order valence-electron chi connectivity index (χ1n) is 5.98. The molecule has 1 saturated heterocycles. The van der Waals surface area contributed by atoms with Crippen LogP contribution < -0.4 is 10.1 Å². The maximum Gasteiger partial charge on any atom is 0.140 e. The third kappa shape index (κ3) is 1.69. The molecular weight excluding hydrogens is 205 g/mol. The number of nitrogens with one attached hydrogen (secondary N) is 1. The lowest BCUT2D eigenvalue weighted by Gasteiger charge is -2.16. The summed E-state index contributed by atoms with van der Waals surface area (Å²) in [5, 5.41) is 3.22. The Bertz CT molecular complexity index is 388. The van der Waals surface area contributed by atoms with E-state index in [0.717, 1.165) is 49.3 Å². The minimum atomic E-state index is -0.881. The van der Waals surface area contributed by atoms with Crippen LogP contribution >= 0.6 is 0 Å². The molecule has 0 radical (unpaired) electrons. The topological polar surface area (TPSA) is 21.3 Å². The van der Waals surface area contributed by atoms with Gasteiger partial charge in [-0.05, 0) is 42.6 Å². The Balaban J connectivity index is 1.83. The summed E-state index contributed by atoms with van der Waals surface area (Å²) in [7, 11) is 0. The Labute approximate surface area is 94.8 Å². The van der Waals surface area contributed by atoms with Crippen LogP contribution in [0.1, 0.15) is 30.1 Å². The van der Waals surface area contributed by atoms with Crippen LogP contribution in [0.4, 0.5) is 4.39 Å². The summed E-state index contributed by atoms with van der Waals surface area (Å²) in [6.45, 7) is 1.68. The summed E-state index contributed by atoms with van der Waals surface area (Å²) in [5.74, 6) is 0.926. The van der Waals surface area contributed by atoms with Gasteiger partial charge in [-0.1, -0.05) is 6.07 Å². The Morgan fingerprint density at radius 3 is 3.19 bits per heavy atom. The van der Waals surface area contributed by atoms with Gasteiger partial charge in [-0.25, -0.2) is 4.39 Å². The van der Waals surface area contributed by atoms with Crippen molar-refractivity contribution < 1.29 is 9.13 Å². The number of hydrogen-bond donors (Lipinski definition) is 1. The fourth-order valence-corrected chi connectivity index (χ4v) is 2.57. The summed E-state index contributed by atoms with van der Waals surface area (Å²) in [6, 6.07) is 5.72. The summed E-state index contributed by atoms with van der Waals surface area (Å²) in [6.07, 6.45) is 2.05. The van der Waals surface area contributed by atoms with E-state index in [1.54, 1.807) is 0 Å². The van der Waals surface area contributed by atoms with Crippen molar-refractivity contribution in [3.63, 3.8) is 0 Å². The summed E-state index contributed by atoms with van der Waals surface area (Å²) < 4.78 is 19.6. The lowest BCUT2D eigenvalue weighted by Crippen LogP contribution is -2.26. The zero-order valence-electron chi connectivity index (χ0n) is 9.21. The van der Waals surface area contributed by atoms with Crippen LogP contribution in [0.3, 0.4) is 0 Å². The molecule has 0 aromatic heterocycles. The zero-order chi connectivity index (χ0) is 11.0. The predicted octanol–water partition coefficient (Wildman–Crippen LogP) is 2.38. The normalized spacial score (nSPS) is 25.2. The summed E-state index contributed by atoms with van der Waals surface area (Å²) in [5.41, 5.74) is 1.95. The van der Waals surface area contributed by atoms with Crippen molar-refractivity contribution in [1.29, 1.82) is 0 Å². The second-order valence-electron chi connectivity index (χ2n) is 4.57. The maximum atomic E-state index is 14.2. The van der Waals surface area contributed by atoms with E-state index in [9.17, 15) is 4.39 Å². The summed E-state index contributed by atoms with van der Waals surface area (Å²) in [4.78, 5) is 0. The molecule has 2 aliphatic rings. The van der Waals surface area contributed by atoms with Gasteiger partial charge in [-0.3, -0.25) is 0 Å². The second kappa shape index (κ2) is 4.06. The number of rotatable bonds is 2. The molecule has 2 heterocycles. The lowest BCUT2D eigenvalue weighted by atomic mass is 9.99. The molecule has 0 bridgehead atoms. The largest absolute Gasteiger partial charge is 0.493 e. The number of benzene rings is 1. The van der Waals surface area contributed by atoms with Gasteiger partial charge in [0.1, 0.15) is 11.9 Å². The first-order valence-corrected chi connectivity index (χ1v) is 5.98. The minimum absolute atomic E-state index is 0.000344. The number of hydrogen-bond acceptors (Lipinski definition) is 2. The highest BCUT2D eigenvalue weighted by Crippen LogP contribution is 2.32. The van der Waals surface area contributed by atoms with Crippen molar-refractivity contribution in [2.75, 3.05) is 13.2 Å². The number of halogens is 1. The van der Waals surface area contributed by atoms with E-state index < -0.39 is 6.17 Å². The molecule has 2 unspecified atom stereocenters. The molecule has 2 aliphatic heterocycles. The van der Waals surface area contributed by atoms with Crippen LogP contribution in [0.15, 0.2) is 18.2 Å². The smallest absolute Gasteiger partial charge is 0.140 e. The van der Waals surface area contributed by atoms with E-state index >= 15 is 0 Å². The van der Waals surface area contributed by atoms with Crippen molar-refractivity contribution in [3.8, 4) is 5.75 Å². The van der Waals surface area contributed by atoms with Gasteiger partial charge in [0.2, 0.25) is 0 Å². The van der Waals surface area contributed by atoms with Gasteiger partial charge in [0, 0.05) is 12.5 Å². The van der Waals surface area contributed by atoms with Gasteiger partial charge < -0.3 is 10.1 Å². The van der Waals surface area contributed by atoms with Gasteiger partial charge in [-0.2, -0.15) is 0 Å². The highest BCUT2D eigenvalue weighted by Gasteiger charge is 2.26. The van der Waals surface area contributed by atoms with Crippen molar-refractivity contribution in [3.05, 3.63) is 29.3 Å². The van der Waals surface area contributed by atoms with E-state index in [1.165, 1.54) is 0 Å². The summed E-state index contributed by atoms with van der Waals surface area (Å²) >= 11 is 0. The van der Waals surface area contributed by atoms with Crippen molar-refractivity contribution in [2.24, 2.45) is 0 Å². The third-order valence-corrected chi connectivity index (χ3v) is 3.48. The van der Waals surface area contributed by atoms with Crippen LogP contribution in [-0.4, -0.2) is 19.2 Å². The minimum Gasteiger partial charge on any atom is -0.493 e. The highest BCUT2D eigenvalue weighted by molar-refractivity contribution is 5.40. The lowest BCUT2D eigenvalue weighted by molar-refractivity contribution is 0.271. The van der Waals surface area contributed by atoms with E-state index in [0.29, 0.717) is 0 Å². The number of ether oxygens (including phenoxy) is 1. The molecule has 2 atom stereocenters. The van der Waals surface area contributed by atoms with E-state index in [4.69, 9.17) is 4.74 Å². The molecule has 2 nitrogen and oxygen atoms in total. The predicted molar refractivity (Wildman–Crippen MR) is 60.5 cm³/mol. The van der Waals surface area contributed by atoms with E-state index in [-0.39, 0.29) is 6.04 Å². The molecule has 0 amide bonds. The molecule has 1 N–H and O–H groups in total. The van der Waals surface area contributed by atoms with Crippen LogP contribution in [0.2, 0.25) is 0 Å². The fourth-order valence-electron chi connectivity index (χ4n) is 2.57. The molecule has 0 spiro atoms. The van der Waals surface area contributed by atoms with Crippen molar-refractivity contribution >= 4 is 0 Å². The molecule has 0 aliphatic carbocycles. The monoisotopic (exact) mass is 221 g/mol. The van der Waals surface area contributed by atoms with Crippen molar-refractivity contribution in [1.82, 2.24) is 5.32 Å². The highest BCUT2D eigenvalue weighted by atomic mass is 19.1. The van der Waals surface area contributed by atoms with Crippen LogP contribution in [0, 0.1) is 0 Å². The number of fused-ring (bicyclic) bond motifs is 1. The molecular formula is C13H16FNO. The van der Waals surface area contributed by atoms with E-state index in [2.05, 4.69) is 5.32 Å². The van der Waals surface area contributed by atoms with Crippen LogP contribution in [0.25, 0.3) is 0 Å². The van der Waals surface area contributed by atoms with Gasteiger partial charge in [0.15, 0.2) is 0 Å². The van der Waals surface area contributed by atoms with E-state index in [1.807, 2.05) is 18.2 Å². The SMILES string of the molecule is FC(c1ccc2c(c1)CCO2)C1CCCN1. The molecule has 16 heavy (non-hydrogen) atoms. The standard InChI is InChI=1S/C13H16FNO/c14-13(11-2-1-6-15-11)10-3-4-12-9(8-10)5-7-16-12/h3-4,8,11,13,15H,1-2,5-7H2. The second-order valence-corrected chi connectivity index (χ2v) is 4.57. The molecule has 0 saturated carbocycles. The Morgan fingerprint density at radius 1 is 1.44 bits per heavy atom. The average molecular weight is 221 g/mol. The fraction of sp³-hybridized carbons (Fsp3) is 0.538. The first kappa shape index (κ1) is 10.1. The quantitative estimate of drug-likeness (QED) is 0.828. The molecule has 86 valence electrons. The third-order valence-electron chi connectivity index (χ3n) is 3.48.